The molecule has 1 aromatic carbocycles. The molecule has 94 valence electrons. The maximum atomic E-state index is 11.9. The van der Waals surface area contributed by atoms with Crippen LogP contribution in [0, 0.1) is 0 Å². The number of hydrogen-bond acceptors (Lipinski definition) is 5. The topological polar surface area (TPSA) is 69.4 Å². The van der Waals surface area contributed by atoms with E-state index in [2.05, 4.69) is 4.74 Å². The van der Waals surface area contributed by atoms with Crippen LogP contribution in [0.25, 0.3) is 10.1 Å². The number of nitrogens with two attached hydrogens (primary N) is 1. The minimum atomic E-state index is -0.367. The minimum Gasteiger partial charge on any atom is -0.469 e. The van der Waals surface area contributed by atoms with E-state index in [4.69, 9.17) is 5.73 Å². The summed E-state index contributed by atoms with van der Waals surface area (Å²) in [5.41, 5.74) is 6.36. The first kappa shape index (κ1) is 12.6. The Balaban J connectivity index is 2.15. The van der Waals surface area contributed by atoms with Crippen molar-refractivity contribution in [3.8, 4) is 0 Å². The van der Waals surface area contributed by atoms with Crippen LogP contribution >= 0.6 is 11.3 Å². The molecule has 0 aliphatic rings. The highest BCUT2D eigenvalue weighted by Gasteiger charge is 2.12. The lowest BCUT2D eigenvalue weighted by molar-refractivity contribution is -0.140. The summed E-state index contributed by atoms with van der Waals surface area (Å²) in [6.07, 6.45) is 0.292. The van der Waals surface area contributed by atoms with Crippen LogP contribution < -0.4 is 5.73 Å². The third kappa shape index (κ3) is 2.68. The van der Waals surface area contributed by atoms with Gasteiger partial charge in [-0.05, 0) is 23.6 Å². The molecule has 2 N–H and O–H groups in total. The van der Waals surface area contributed by atoms with Gasteiger partial charge in [-0.25, -0.2) is 0 Å². The molecule has 0 unspecified atom stereocenters. The van der Waals surface area contributed by atoms with E-state index < -0.39 is 0 Å². The van der Waals surface area contributed by atoms with E-state index in [1.165, 1.54) is 18.4 Å². The van der Waals surface area contributed by atoms with E-state index in [-0.39, 0.29) is 24.6 Å². The van der Waals surface area contributed by atoms with Crippen molar-refractivity contribution in [2.24, 2.45) is 0 Å². The van der Waals surface area contributed by atoms with Crippen molar-refractivity contribution in [2.75, 3.05) is 12.8 Å². The van der Waals surface area contributed by atoms with Crippen molar-refractivity contribution in [3.63, 3.8) is 0 Å². The summed E-state index contributed by atoms with van der Waals surface area (Å²) in [4.78, 5) is 23.5. The highest BCUT2D eigenvalue weighted by atomic mass is 32.1. The summed E-state index contributed by atoms with van der Waals surface area (Å²) in [5.74, 6) is -0.408. The molecular formula is C13H13NO3S. The minimum absolute atomic E-state index is 0.0415. The largest absolute Gasteiger partial charge is 0.469 e. The zero-order valence-corrected chi connectivity index (χ0v) is 10.8. The summed E-state index contributed by atoms with van der Waals surface area (Å²) in [6, 6.07) is 7.37. The normalized spacial score (nSPS) is 10.5. The molecule has 0 amide bonds. The highest BCUT2D eigenvalue weighted by Crippen LogP contribution is 2.28. The van der Waals surface area contributed by atoms with Crippen LogP contribution in [-0.4, -0.2) is 18.9 Å². The Kier molecular flexibility index (Phi) is 3.62. The Morgan fingerprint density at radius 2 is 2.06 bits per heavy atom. The lowest BCUT2D eigenvalue weighted by Crippen LogP contribution is -2.04. The van der Waals surface area contributed by atoms with Gasteiger partial charge in [0.1, 0.15) is 0 Å². The second-order valence-corrected chi connectivity index (χ2v) is 4.99. The fraction of sp³-hybridized carbons (Fsp3) is 0.231. The first-order chi connectivity index (χ1) is 8.60. The molecule has 2 aromatic rings. The Bertz CT molecular complexity index is 603. The zero-order valence-electron chi connectivity index (χ0n) is 9.93. The Morgan fingerprint density at radius 1 is 1.28 bits per heavy atom. The van der Waals surface area contributed by atoms with Crippen LogP contribution in [0.4, 0.5) is 5.69 Å². The third-order valence-corrected chi connectivity index (χ3v) is 3.74. The van der Waals surface area contributed by atoms with Crippen LogP contribution in [0.2, 0.25) is 0 Å². The van der Waals surface area contributed by atoms with E-state index in [1.807, 2.05) is 18.2 Å². The van der Waals surface area contributed by atoms with Gasteiger partial charge in [0.2, 0.25) is 0 Å². The van der Waals surface area contributed by atoms with E-state index in [0.29, 0.717) is 10.6 Å². The highest BCUT2D eigenvalue weighted by molar-refractivity contribution is 7.20. The lowest BCUT2D eigenvalue weighted by Gasteiger charge is -1.96. The molecule has 0 saturated carbocycles. The molecule has 0 fully saturated rings. The number of thiophene rings is 1. The Hall–Kier alpha value is -1.88. The average Bonchev–Trinajstić information content (AvgIpc) is 2.78. The van der Waals surface area contributed by atoms with Crippen LogP contribution in [-0.2, 0) is 9.53 Å². The van der Waals surface area contributed by atoms with Crippen molar-refractivity contribution in [3.05, 3.63) is 29.1 Å². The Labute approximate surface area is 108 Å². The van der Waals surface area contributed by atoms with Gasteiger partial charge in [-0.1, -0.05) is 6.07 Å². The molecule has 5 heteroatoms. The number of Topliss-reactive ketones (excluding diaryl/α,β-unsaturated/α-hetero) is 1. The monoisotopic (exact) mass is 263 g/mol. The molecule has 1 aromatic heterocycles. The maximum absolute atomic E-state index is 11.9. The maximum Gasteiger partial charge on any atom is 0.305 e. The predicted octanol–water partition coefficient (Wildman–Crippen LogP) is 2.62. The zero-order chi connectivity index (χ0) is 13.1. The van der Waals surface area contributed by atoms with Crippen LogP contribution in [0.3, 0.4) is 0 Å². The fourth-order valence-electron chi connectivity index (χ4n) is 1.63. The summed E-state index contributed by atoms with van der Waals surface area (Å²) in [7, 11) is 1.31. The molecular weight excluding hydrogens is 250 g/mol. The van der Waals surface area contributed by atoms with Crippen molar-refractivity contribution in [1.82, 2.24) is 0 Å². The number of esters is 1. The van der Waals surface area contributed by atoms with E-state index in [0.717, 1.165) is 10.1 Å². The standard InChI is InChI=1S/C13H13NO3S/c1-17-13(16)5-4-10(15)12-6-8-2-3-9(14)7-11(8)18-12/h2-3,6-7H,4-5,14H2,1H3. The van der Waals surface area contributed by atoms with Gasteiger partial charge in [0, 0.05) is 16.8 Å². The van der Waals surface area contributed by atoms with Gasteiger partial charge in [-0.15, -0.1) is 11.3 Å². The van der Waals surface area contributed by atoms with Gasteiger partial charge in [0.15, 0.2) is 5.78 Å². The number of nitrogen functional groups attached to an aromatic ring is 1. The van der Waals surface area contributed by atoms with Crippen molar-refractivity contribution in [1.29, 1.82) is 0 Å². The van der Waals surface area contributed by atoms with Crippen LogP contribution in [0.5, 0.6) is 0 Å². The molecule has 1 heterocycles. The van der Waals surface area contributed by atoms with Crippen LogP contribution in [0.1, 0.15) is 22.5 Å². The Morgan fingerprint density at radius 3 is 2.78 bits per heavy atom. The number of fused-ring (bicyclic) bond motifs is 1. The third-order valence-electron chi connectivity index (χ3n) is 2.60. The quantitative estimate of drug-likeness (QED) is 0.523. The number of ether oxygens (including phenoxy) is 1. The van der Waals surface area contributed by atoms with E-state index >= 15 is 0 Å². The first-order valence-corrected chi connectivity index (χ1v) is 6.31. The molecule has 0 bridgehead atoms. The fourth-order valence-corrected chi connectivity index (χ4v) is 2.70. The van der Waals surface area contributed by atoms with Gasteiger partial charge >= 0.3 is 5.97 Å². The predicted molar refractivity (Wildman–Crippen MR) is 71.8 cm³/mol. The van der Waals surface area contributed by atoms with Gasteiger partial charge < -0.3 is 10.5 Å². The molecule has 0 aliphatic carbocycles. The number of benzene rings is 1. The van der Waals surface area contributed by atoms with Crippen LogP contribution in [0.15, 0.2) is 24.3 Å². The van der Waals surface area contributed by atoms with Crippen molar-refractivity contribution in [2.45, 2.75) is 12.8 Å². The number of carbonyl (C=O) groups is 2. The summed E-state index contributed by atoms with van der Waals surface area (Å²) < 4.78 is 5.49. The molecule has 18 heavy (non-hydrogen) atoms. The summed E-state index contributed by atoms with van der Waals surface area (Å²) in [6.45, 7) is 0. The smallest absolute Gasteiger partial charge is 0.305 e. The summed E-state index contributed by atoms with van der Waals surface area (Å²) >= 11 is 1.40. The lowest BCUT2D eigenvalue weighted by atomic mass is 10.1. The van der Waals surface area contributed by atoms with Gasteiger partial charge in [-0.2, -0.15) is 0 Å². The molecule has 0 atom stereocenters. The number of methoxy groups -OCH3 is 1. The molecule has 0 radical (unpaired) electrons. The van der Waals surface area contributed by atoms with E-state index in [9.17, 15) is 9.59 Å². The van der Waals surface area contributed by atoms with Gasteiger partial charge in [0.25, 0.3) is 0 Å². The number of carbonyl (C=O) groups excluding carboxylic acids is 2. The first-order valence-electron chi connectivity index (χ1n) is 5.49. The van der Waals surface area contributed by atoms with Crippen molar-refractivity contribution < 1.29 is 14.3 Å². The number of hydrogen-bond donors (Lipinski definition) is 1. The second kappa shape index (κ2) is 5.18. The molecule has 0 spiro atoms. The van der Waals surface area contributed by atoms with Crippen molar-refractivity contribution >= 4 is 38.9 Å². The molecule has 0 aliphatic heterocycles. The number of anilines is 1. The van der Waals surface area contributed by atoms with Gasteiger partial charge in [-0.3, -0.25) is 9.59 Å². The molecule has 4 nitrogen and oxygen atoms in total. The number of ketones is 1. The van der Waals surface area contributed by atoms with Gasteiger partial charge in [0.05, 0.1) is 18.4 Å². The van der Waals surface area contributed by atoms with E-state index in [1.54, 1.807) is 6.07 Å². The average molecular weight is 263 g/mol. The molecule has 0 saturated heterocycles. The molecule has 2 rings (SSSR count). The SMILES string of the molecule is COC(=O)CCC(=O)c1cc2ccc(N)cc2s1. The summed E-state index contributed by atoms with van der Waals surface area (Å²) in [5, 5.41) is 0.996. The number of rotatable bonds is 4. The second-order valence-electron chi connectivity index (χ2n) is 3.91.